The van der Waals surface area contributed by atoms with Crippen LogP contribution in [0.5, 0.6) is 0 Å². The number of hydrogen-bond donors (Lipinski definition) is 0. The summed E-state index contributed by atoms with van der Waals surface area (Å²) in [6.45, 7) is 4.52. The highest BCUT2D eigenvalue weighted by Gasteiger charge is 2.18. The van der Waals surface area contributed by atoms with E-state index >= 15 is 0 Å². The van der Waals surface area contributed by atoms with E-state index in [1.807, 2.05) is 6.92 Å². The van der Waals surface area contributed by atoms with Gasteiger partial charge in [0.2, 0.25) is 0 Å². The predicted molar refractivity (Wildman–Crippen MR) is 53.1 cm³/mol. The average molecular weight is 185 g/mol. The standard InChI is InChI=1S/C9H14O2P/c1-3-11-9(10)7-8-5-4-6-12(8)2/h4-5H,3,6-7H2,1-2H3/q+1. The van der Waals surface area contributed by atoms with Crippen LogP contribution in [0.4, 0.5) is 0 Å². The molecule has 0 amide bonds. The first-order valence-electron chi connectivity index (χ1n) is 4.13. The topological polar surface area (TPSA) is 26.3 Å². The predicted octanol–water partition coefficient (Wildman–Crippen LogP) is 1.79. The maximum atomic E-state index is 11.1. The first-order valence-corrected chi connectivity index (χ1v) is 6.10. The molecule has 1 aliphatic heterocycles. The van der Waals surface area contributed by atoms with Gasteiger partial charge in [0.05, 0.1) is 20.8 Å². The molecule has 0 aromatic carbocycles. The zero-order valence-corrected chi connectivity index (χ0v) is 8.43. The Hall–Kier alpha value is -0.620. The lowest BCUT2D eigenvalue weighted by atomic mass is 10.3. The van der Waals surface area contributed by atoms with Crippen molar-refractivity contribution in [2.24, 2.45) is 0 Å². The number of esters is 1. The summed E-state index contributed by atoms with van der Waals surface area (Å²) >= 11 is 0. The van der Waals surface area contributed by atoms with Crippen LogP contribution in [0, 0.1) is 0 Å². The first-order chi connectivity index (χ1) is 5.74. The molecule has 0 bridgehead atoms. The van der Waals surface area contributed by atoms with Crippen LogP contribution in [0.3, 0.4) is 0 Å². The van der Waals surface area contributed by atoms with Crippen LogP contribution in [0.2, 0.25) is 0 Å². The third-order valence-electron chi connectivity index (χ3n) is 1.81. The normalized spacial score (nSPS) is 18.5. The van der Waals surface area contributed by atoms with E-state index < -0.39 is 0 Å². The Morgan fingerprint density at radius 1 is 1.75 bits per heavy atom. The van der Waals surface area contributed by atoms with Gasteiger partial charge in [0.25, 0.3) is 0 Å². The Bertz CT molecular complexity index is 241. The lowest BCUT2D eigenvalue weighted by Crippen LogP contribution is -2.08. The lowest BCUT2D eigenvalue weighted by Gasteiger charge is -1.97. The monoisotopic (exact) mass is 185 g/mol. The van der Waals surface area contributed by atoms with Gasteiger partial charge in [-0.15, -0.1) is 0 Å². The molecule has 0 aliphatic carbocycles. The summed E-state index contributed by atoms with van der Waals surface area (Å²) < 4.78 is 4.87. The molecule has 66 valence electrons. The molecule has 1 unspecified atom stereocenters. The molecule has 1 atom stereocenters. The minimum atomic E-state index is -0.0894. The average Bonchev–Trinajstić information content (AvgIpc) is 2.37. The summed E-state index contributed by atoms with van der Waals surface area (Å²) in [5, 5.41) is 1.27. The zero-order chi connectivity index (χ0) is 8.97. The first kappa shape index (κ1) is 9.47. The van der Waals surface area contributed by atoms with Crippen molar-refractivity contribution >= 4 is 18.8 Å². The summed E-state index contributed by atoms with van der Waals surface area (Å²) in [5.74, 6) is -0.0894. The van der Waals surface area contributed by atoms with Crippen LogP contribution in [-0.4, -0.2) is 30.7 Å². The molecular weight excluding hydrogens is 171 g/mol. The fourth-order valence-electron chi connectivity index (χ4n) is 1.15. The summed E-state index contributed by atoms with van der Waals surface area (Å²) in [6, 6.07) is 0. The van der Waals surface area contributed by atoms with Gasteiger partial charge < -0.3 is 4.74 Å². The van der Waals surface area contributed by atoms with Gasteiger partial charge in [-0.3, -0.25) is 4.79 Å². The van der Waals surface area contributed by atoms with Gasteiger partial charge in [-0.2, -0.15) is 0 Å². The summed E-state index contributed by atoms with van der Waals surface area (Å²) in [7, 11) is -0.0670. The number of carbonyl (C=O) groups excluding carboxylic acids is 1. The number of ether oxygens (including phenoxy) is 1. The van der Waals surface area contributed by atoms with Gasteiger partial charge >= 0.3 is 5.97 Å². The highest BCUT2D eigenvalue weighted by atomic mass is 31.1. The SMILES string of the molecule is CCOC(=O)CC1=[P+](C)CC=C1. The second kappa shape index (κ2) is 4.42. The van der Waals surface area contributed by atoms with Crippen LogP contribution in [-0.2, 0) is 9.53 Å². The molecule has 0 saturated heterocycles. The van der Waals surface area contributed by atoms with E-state index in [1.165, 1.54) is 5.29 Å². The van der Waals surface area contributed by atoms with Crippen LogP contribution in [0.15, 0.2) is 12.2 Å². The van der Waals surface area contributed by atoms with Gasteiger partial charge in [0.1, 0.15) is 17.9 Å². The van der Waals surface area contributed by atoms with Crippen molar-refractivity contribution in [1.82, 2.24) is 0 Å². The van der Waals surface area contributed by atoms with E-state index in [2.05, 4.69) is 18.8 Å². The number of rotatable bonds is 3. The van der Waals surface area contributed by atoms with E-state index in [9.17, 15) is 4.79 Å². The molecule has 0 spiro atoms. The molecule has 1 rings (SSSR count). The Balaban J connectivity index is 2.45. The van der Waals surface area contributed by atoms with Gasteiger partial charge in [-0.25, -0.2) is 0 Å². The fourth-order valence-corrected chi connectivity index (χ4v) is 2.56. The van der Waals surface area contributed by atoms with Crippen LogP contribution in [0.1, 0.15) is 13.3 Å². The molecule has 0 fully saturated rings. The molecule has 0 aromatic heterocycles. The molecule has 0 aromatic rings. The van der Waals surface area contributed by atoms with Crippen molar-refractivity contribution in [2.45, 2.75) is 13.3 Å². The second-order valence-electron chi connectivity index (χ2n) is 2.76. The quantitative estimate of drug-likeness (QED) is 0.495. The third kappa shape index (κ3) is 2.46. The Kier molecular flexibility index (Phi) is 3.48. The highest BCUT2D eigenvalue weighted by Crippen LogP contribution is 2.27. The van der Waals surface area contributed by atoms with Crippen molar-refractivity contribution in [2.75, 3.05) is 19.4 Å². The molecule has 0 N–H and O–H groups in total. The molecule has 12 heavy (non-hydrogen) atoms. The maximum Gasteiger partial charge on any atom is 0.314 e. The summed E-state index contributed by atoms with van der Waals surface area (Å²) in [6.07, 6.45) is 5.83. The van der Waals surface area contributed by atoms with E-state index in [4.69, 9.17) is 4.74 Å². The molecular formula is C9H14O2P+. The molecule has 0 radical (unpaired) electrons. The van der Waals surface area contributed by atoms with Gasteiger partial charge in [0.15, 0.2) is 0 Å². The van der Waals surface area contributed by atoms with E-state index in [1.54, 1.807) is 0 Å². The molecule has 3 heteroatoms. The molecule has 1 aliphatic rings. The van der Waals surface area contributed by atoms with Crippen LogP contribution >= 0.6 is 7.55 Å². The van der Waals surface area contributed by atoms with E-state index in [0.29, 0.717) is 13.0 Å². The number of hydrogen-bond acceptors (Lipinski definition) is 2. The van der Waals surface area contributed by atoms with Crippen molar-refractivity contribution in [1.29, 1.82) is 0 Å². The van der Waals surface area contributed by atoms with Crippen molar-refractivity contribution in [3.63, 3.8) is 0 Å². The maximum absolute atomic E-state index is 11.1. The largest absolute Gasteiger partial charge is 0.466 e. The summed E-state index contributed by atoms with van der Waals surface area (Å²) in [4.78, 5) is 11.1. The third-order valence-corrected chi connectivity index (χ3v) is 3.86. The number of carbonyl (C=O) groups is 1. The van der Waals surface area contributed by atoms with Gasteiger partial charge in [-0.05, 0) is 19.1 Å². The lowest BCUT2D eigenvalue weighted by molar-refractivity contribution is -0.141. The Morgan fingerprint density at radius 3 is 3.00 bits per heavy atom. The minimum Gasteiger partial charge on any atom is -0.466 e. The molecule has 1 heterocycles. The fraction of sp³-hybridized carbons (Fsp3) is 0.556. The second-order valence-corrected chi connectivity index (χ2v) is 5.09. The van der Waals surface area contributed by atoms with Gasteiger partial charge in [0, 0.05) is 0 Å². The number of allylic oxidation sites excluding steroid dienone is 2. The smallest absolute Gasteiger partial charge is 0.314 e. The Morgan fingerprint density at radius 2 is 2.50 bits per heavy atom. The van der Waals surface area contributed by atoms with E-state index in [0.717, 1.165) is 6.16 Å². The van der Waals surface area contributed by atoms with E-state index in [-0.39, 0.29) is 13.5 Å². The van der Waals surface area contributed by atoms with Crippen LogP contribution in [0.25, 0.3) is 0 Å². The van der Waals surface area contributed by atoms with Crippen LogP contribution < -0.4 is 0 Å². The highest BCUT2D eigenvalue weighted by molar-refractivity contribution is 7.59. The van der Waals surface area contributed by atoms with Crippen molar-refractivity contribution in [3.8, 4) is 0 Å². The molecule has 0 saturated carbocycles. The van der Waals surface area contributed by atoms with Crippen molar-refractivity contribution < 1.29 is 9.53 Å². The zero-order valence-electron chi connectivity index (χ0n) is 7.54. The van der Waals surface area contributed by atoms with Crippen molar-refractivity contribution in [3.05, 3.63) is 12.2 Å². The Labute approximate surface area is 74.0 Å². The minimum absolute atomic E-state index is 0.0670. The summed E-state index contributed by atoms with van der Waals surface area (Å²) in [5.41, 5.74) is 0. The van der Waals surface area contributed by atoms with Gasteiger partial charge in [-0.1, -0.05) is 0 Å². The molecule has 2 nitrogen and oxygen atoms in total.